The van der Waals surface area contributed by atoms with Crippen LogP contribution in [-0.4, -0.2) is 9.38 Å². The van der Waals surface area contributed by atoms with Gasteiger partial charge in [0.1, 0.15) is 0 Å². The number of nitriles is 2. The minimum atomic E-state index is 0.490. The van der Waals surface area contributed by atoms with Gasteiger partial charge in [0.25, 0.3) is 0 Å². The minimum Gasteiger partial charge on any atom is -0.308 e. The largest absolute Gasteiger partial charge is 0.308 e. The molecule has 4 heteroatoms. The van der Waals surface area contributed by atoms with E-state index in [1.165, 1.54) is 0 Å². The Balaban J connectivity index is 1.94. The fraction of sp³-hybridized carbons (Fsp3) is 0. The van der Waals surface area contributed by atoms with Crippen LogP contribution < -0.4 is 0 Å². The number of rotatable bonds is 1. The molecule has 4 nitrogen and oxygen atoms in total. The molecule has 0 N–H and O–H groups in total. The number of fused-ring (bicyclic) bond motifs is 6. The summed E-state index contributed by atoms with van der Waals surface area (Å²) in [6.07, 6.45) is 1.79. The van der Waals surface area contributed by atoms with Crippen LogP contribution in [0.5, 0.6) is 0 Å². The molecule has 0 spiro atoms. The summed E-state index contributed by atoms with van der Waals surface area (Å²) in [5.41, 5.74) is 5.95. The minimum absolute atomic E-state index is 0.490. The van der Waals surface area contributed by atoms with E-state index in [-0.39, 0.29) is 0 Å². The van der Waals surface area contributed by atoms with Crippen LogP contribution in [0.1, 0.15) is 11.1 Å². The van der Waals surface area contributed by atoms with Gasteiger partial charge in [-0.15, -0.1) is 0 Å². The average Bonchev–Trinajstić information content (AvgIpc) is 3.30. The summed E-state index contributed by atoms with van der Waals surface area (Å²) in [7, 11) is 0. The molecule has 132 valence electrons. The van der Waals surface area contributed by atoms with Crippen molar-refractivity contribution in [3.63, 3.8) is 0 Å². The Morgan fingerprint density at radius 1 is 0.759 bits per heavy atom. The zero-order chi connectivity index (χ0) is 19.5. The number of nitrogens with zero attached hydrogens (tertiary/aromatic N) is 4. The SMILES string of the molecule is N#Cc1cc(C#N)c2c3cc(-c4ccccn4)cc4c5ccccc5n(c2c1)c43. The van der Waals surface area contributed by atoms with Crippen LogP contribution in [0.25, 0.3) is 49.4 Å². The van der Waals surface area contributed by atoms with Crippen LogP contribution in [-0.2, 0) is 0 Å². The van der Waals surface area contributed by atoms with Gasteiger partial charge < -0.3 is 4.40 Å². The predicted molar refractivity (Wildman–Crippen MR) is 114 cm³/mol. The molecule has 0 amide bonds. The first kappa shape index (κ1) is 15.6. The van der Waals surface area contributed by atoms with Crippen molar-refractivity contribution in [2.45, 2.75) is 0 Å². The number of hydrogen-bond donors (Lipinski definition) is 0. The molecule has 0 saturated carbocycles. The van der Waals surface area contributed by atoms with E-state index in [1.54, 1.807) is 12.3 Å². The quantitative estimate of drug-likeness (QED) is 0.377. The molecule has 0 unspecified atom stereocenters. The monoisotopic (exact) mass is 368 g/mol. The van der Waals surface area contributed by atoms with Crippen molar-refractivity contribution >= 4 is 38.1 Å². The zero-order valence-electron chi connectivity index (χ0n) is 15.2. The highest BCUT2D eigenvalue weighted by Crippen LogP contribution is 2.42. The van der Waals surface area contributed by atoms with Crippen molar-refractivity contribution < 1.29 is 0 Å². The number of hydrogen-bond acceptors (Lipinski definition) is 3. The topological polar surface area (TPSA) is 64.9 Å². The second-order valence-electron chi connectivity index (χ2n) is 7.13. The van der Waals surface area contributed by atoms with E-state index in [9.17, 15) is 10.5 Å². The van der Waals surface area contributed by atoms with E-state index in [2.05, 4.69) is 45.8 Å². The maximum Gasteiger partial charge on any atom is 0.0999 e. The van der Waals surface area contributed by atoms with Crippen LogP contribution in [0.2, 0.25) is 0 Å². The Hall–Kier alpha value is -4.41. The molecule has 0 radical (unpaired) electrons. The predicted octanol–water partition coefficient (Wildman–Crippen LogP) is 5.64. The van der Waals surface area contributed by atoms with E-state index < -0.39 is 0 Å². The van der Waals surface area contributed by atoms with Crippen LogP contribution >= 0.6 is 0 Å². The summed E-state index contributed by atoms with van der Waals surface area (Å²) in [6, 6.07) is 26.4. The van der Waals surface area contributed by atoms with Crippen LogP contribution in [0.4, 0.5) is 0 Å². The number of aromatic nitrogens is 2. The van der Waals surface area contributed by atoms with Gasteiger partial charge in [-0.3, -0.25) is 4.98 Å². The molecule has 29 heavy (non-hydrogen) atoms. The summed E-state index contributed by atoms with van der Waals surface area (Å²) < 4.78 is 2.18. The average molecular weight is 368 g/mol. The third-order valence-electron chi connectivity index (χ3n) is 5.61. The zero-order valence-corrected chi connectivity index (χ0v) is 15.2. The van der Waals surface area contributed by atoms with Gasteiger partial charge in [-0.05, 0) is 42.5 Å². The summed E-state index contributed by atoms with van der Waals surface area (Å²) in [4.78, 5) is 4.52. The highest BCUT2D eigenvalue weighted by molar-refractivity contribution is 6.25. The lowest BCUT2D eigenvalue weighted by Gasteiger charge is -2.04. The third-order valence-corrected chi connectivity index (χ3v) is 5.61. The molecule has 6 rings (SSSR count). The molecule has 0 aliphatic rings. The van der Waals surface area contributed by atoms with Crippen molar-refractivity contribution in [3.05, 3.63) is 84.1 Å². The Kier molecular flexibility index (Phi) is 2.99. The molecule has 0 atom stereocenters. The summed E-state index contributed by atoms with van der Waals surface area (Å²) in [6.45, 7) is 0. The Labute approximate surface area is 165 Å². The fourth-order valence-corrected chi connectivity index (χ4v) is 4.46. The van der Waals surface area contributed by atoms with Crippen molar-refractivity contribution in [2.24, 2.45) is 0 Å². The fourth-order valence-electron chi connectivity index (χ4n) is 4.46. The molecule has 0 aliphatic heterocycles. The molecule has 3 aromatic heterocycles. The Morgan fingerprint density at radius 3 is 2.38 bits per heavy atom. The van der Waals surface area contributed by atoms with Crippen molar-refractivity contribution in [1.29, 1.82) is 10.5 Å². The Bertz CT molecular complexity index is 1660. The van der Waals surface area contributed by atoms with Crippen molar-refractivity contribution in [1.82, 2.24) is 9.38 Å². The van der Waals surface area contributed by atoms with Crippen LogP contribution in [0.3, 0.4) is 0 Å². The first-order valence-corrected chi connectivity index (χ1v) is 9.28. The third kappa shape index (κ3) is 1.98. The van der Waals surface area contributed by atoms with Gasteiger partial charge in [0.05, 0.1) is 45.5 Å². The van der Waals surface area contributed by atoms with Crippen molar-refractivity contribution in [2.75, 3.05) is 0 Å². The summed E-state index contributed by atoms with van der Waals surface area (Å²) >= 11 is 0. The standard InChI is InChI=1S/C25H12N4/c26-13-15-9-17(14-27)24-20-12-16(21-6-3-4-8-28-21)11-19-18-5-1-2-7-22(18)29(25(19)20)23(24)10-15/h1-12H. The highest BCUT2D eigenvalue weighted by Gasteiger charge is 2.21. The Morgan fingerprint density at radius 2 is 1.59 bits per heavy atom. The molecule has 0 saturated heterocycles. The van der Waals surface area contributed by atoms with E-state index in [0.717, 1.165) is 49.4 Å². The normalized spacial score (nSPS) is 11.4. The molecular formula is C25H12N4. The van der Waals surface area contributed by atoms with Gasteiger partial charge >= 0.3 is 0 Å². The van der Waals surface area contributed by atoms with Gasteiger partial charge in [0, 0.05) is 33.3 Å². The second kappa shape index (κ2) is 5.55. The van der Waals surface area contributed by atoms with Crippen molar-refractivity contribution in [3.8, 4) is 23.4 Å². The molecule has 0 bridgehead atoms. The van der Waals surface area contributed by atoms with Gasteiger partial charge in [0.15, 0.2) is 0 Å². The molecule has 3 heterocycles. The molecule has 0 aliphatic carbocycles. The lowest BCUT2D eigenvalue weighted by molar-refractivity contribution is 1.33. The number of pyridine rings is 1. The van der Waals surface area contributed by atoms with Gasteiger partial charge in [0.2, 0.25) is 0 Å². The van der Waals surface area contributed by atoms with E-state index in [0.29, 0.717) is 11.1 Å². The molecular weight excluding hydrogens is 356 g/mol. The van der Waals surface area contributed by atoms with Crippen LogP contribution in [0, 0.1) is 22.7 Å². The smallest absolute Gasteiger partial charge is 0.0999 e. The number of benzene rings is 3. The first-order valence-electron chi connectivity index (χ1n) is 9.28. The second-order valence-corrected chi connectivity index (χ2v) is 7.13. The van der Waals surface area contributed by atoms with E-state index in [4.69, 9.17) is 0 Å². The molecule has 6 aromatic rings. The summed E-state index contributed by atoms with van der Waals surface area (Å²) in [5, 5.41) is 23.5. The molecule has 0 fully saturated rings. The summed E-state index contributed by atoms with van der Waals surface area (Å²) in [5.74, 6) is 0. The van der Waals surface area contributed by atoms with Gasteiger partial charge in [-0.25, -0.2) is 0 Å². The van der Waals surface area contributed by atoms with Gasteiger partial charge in [-0.2, -0.15) is 10.5 Å². The van der Waals surface area contributed by atoms with Crippen LogP contribution in [0.15, 0.2) is 72.9 Å². The van der Waals surface area contributed by atoms with E-state index in [1.807, 2.05) is 36.4 Å². The molecule has 3 aromatic carbocycles. The lowest BCUT2D eigenvalue weighted by Crippen LogP contribution is -1.85. The van der Waals surface area contributed by atoms with E-state index >= 15 is 0 Å². The highest BCUT2D eigenvalue weighted by atomic mass is 14.9. The maximum atomic E-state index is 9.81. The van der Waals surface area contributed by atoms with Gasteiger partial charge in [-0.1, -0.05) is 24.3 Å². The maximum absolute atomic E-state index is 9.81. The first-order chi connectivity index (χ1) is 14.3. The lowest BCUT2D eigenvalue weighted by atomic mass is 9.99. The number of para-hydroxylation sites is 1.